The van der Waals surface area contributed by atoms with Crippen molar-refractivity contribution < 1.29 is 37.1 Å². The van der Waals surface area contributed by atoms with Gasteiger partial charge in [-0.15, -0.1) is 10.2 Å². The fraction of sp³-hybridized carbons (Fsp3) is 0.391. The predicted octanol–water partition coefficient (Wildman–Crippen LogP) is 2.62. The van der Waals surface area contributed by atoms with Gasteiger partial charge in [-0.3, -0.25) is 5.10 Å². The van der Waals surface area contributed by atoms with Crippen molar-refractivity contribution in [3.63, 3.8) is 0 Å². The summed E-state index contributed by atoms with van der Waals surface area (Å²) in [6.45, 7) is 1.55. The highest BCUT2D eigenvalue weighted by atomic mass is 19.4. The standard InChI is InChI=1S/C23H25F3N6O5/c1-31-12-16(14-6-4-3-5-7-14)18(13-31)28-22(34)32(37-21(33)23(24,25)26)19-10-17-15(11-27-19)20(30-29-17)36-9-8-35-2/h3-7,10-11,16,18H,8-9,12-13H2,1-2H3,(H,28,34)(H,29,30)/t16-,18+/m1/s1. The summed E-state index contributed by atoms with van der Waals surface area (Å²) < 4.78 is 49.5. The number of likely N-dealkylation sites (tertiary alicyclic amines) is 1. The number of likely N-dealkylation sites (N-methyl/N-ethyl adjacent to an activating group) is 1. The van der Waals surface area contributed by atoms with Crippen LogP contribution < -0.4 is 15.1 Å². The Balaban J connectivity index is 1.60. The van der Waals surface area contributed by atoms with Gasteiger partial charge in [0, 0.05) is 38.4 Å². The van der Waals surface area contributed by atoms with Crippen LogP contribution in [0, 0.1) is 0 Å². The third-order valence-electron chi connectivity index (χ3n) is 5.76. The smallest absolute Gasteiger partial charge is 0.474 e. The molecule has 4 rings (SSSR count). The Bertz CT molecular complexity index is 1240. The Hall–Kier alpha value is -3.91. The number of halogens is 3. The highest BCUT2D eigenvalue weighted by molar-refractivity contribution is 5.94. The van der Waals surface area contributed by atoms with Gasteiger partial charge >= 0.3 is 18.2 Å². The molecule has 3 heterocycles. The van der Waals surface area contributed by atoms with E-state index in [1.807, 2.05) is 42.3 Å². The summed E-state index contributed by atoms with van der Waals surface area (Å²) in [6.07, 6.45) is -4.09. The number of fused-ring (bicyclic) bond motifs is 1. The third-order valence-corrected chi connectivity index (χ3v) is 5.76. The molecular formula is C23H25F3N6O5. The fourth-order valence-electron chi connectivity index (χ4n) is 4.05. The normalized spacial score (nSPS) is 18.1. The number of carbonyl (C=O) groups is 2. The molecule has 14 heteroatoms. The quantitative estimate of drug-likeness (QED) is 0.359. The number of alkyl halides is 3. The number of urea groups is 1. The van der Waals surface area contributed by atoms with Gasteiger partial charge in [0.2, 0.25) is 5.88 Å². The zero-order chi connectivity index (χ0) is 26.6. The van der Waals surface area contributed by atoms with Gasteiger partial charge in [0.05, 0.1) is 23.6 Å². The maximum absolute atomic E-state index is 13.2. The van der Waals surface area contributed by atoms with Crippen molar-refractivity contribution in [1.29, 1.82) is 0 Å². The molecular weight excluding hydrogens is 497 g/mol. The molecule has 198 valence electrons. The van der Waals surface area contributed by atoms with Gasteiger partial charge < -0.3 is 24.5 Å². The van der Waals surface area contributed by atoms with Crippen LogP contribution in [0.5, 0.6) is 5.88 Å². The molecule has 2 amide bonds. The molecule has 2 aromatic heterocycles. The number of hydrogen-bond donors (Lipinski definition) is 2. The van der Waals surface area contributed by atoms with Crippen LogP contribution in [0.3, 0.4) is 0 Å². The summed E-state index contributed by atoms with van der Waals surface area (Å²) in [4.78, 5) is 35.4. The van der Waals surface area contributed by atoms with Crippen molar-refractivity contribution in [2.45, 2.75) is 18.1 Å². The van der Waals surface area contributed by atoms with Crippen molar-refractivity contribution in [3.05, 3.63) is 48.2 Å². The van der Waals surface area contributed by atoms with E-state index in [4.69, 9.17) is 9.47 Å². The Labute approximate surface area is 209 Å². The molecule has 37 heavy (non-hydrogen) atoms. The molecule has 0 unspecified atom stereocenters. The lowest BCUT2D eigenvalue weighted by Crippen LogP contribution is -2.49. The number of aromatic amines is 1. The monoisotopic (exact) mass is 522 g/mol. The first-order valence-electron chi connectivity index (χ1n) is 11.3. The molecule has 0 saturated carbocycles. The fourth-order valence-corrected chi connectivity index (χ4v) is 4.05. The van der Waals surface area contributed by atoms with E-state index in [0.717, 1.165) is 5.56 Å². The van der Waals surface area contributed by atoms with Crippen LogP contribution in [-0.2, 0) is 14.4 Å². The Kier molecular flexibility index (Phi) is 7.78. The molecule has 0 radical (unpaired) electrons. The van der Waals surface area contributed by atoms with Gasteiger partial charge in [-0.1, -0.05) is 30.3 Å². The number of hydrogen-bond acceptors (Lipinski definition) is 8. The molecule has 0 bridgehead atoms. The number of nitrogens with one attached hydrogen (secondary N) is 2. The maximum atomic E-state index is 13.2. The number of pyridine rings is 1. The molecule has 2 N–H and O–H groups in total. The number of aromatic nitrogens is 3. The SMILES string of the molecule is COCCOc1n[nH]c2cc(N(OC(=O)C(F)(F)F)C(=O)N[C@H]3CN(C)C[C@@H]3c3ccccc3)ncc12. The first kappa shape index (κ1) is 26.2. The van der Waals surface area contributed by atoms with Gasteiger partial charge in [0.25, 0.3) is 0 Å². The van der Waals surface area contributed by atoms with Crippen LogP contribution in [0.25, 0.3) is 10.9 Å². The van der Waals surface area contributed by atoms with E-state index >= 15 is 0 Å². The average molecular weight is 522 g/mol. The van der Waals surface area contributed by atoms with E-state index in [1.165, 1.54) is 19.4 Å². The van der Waals surface area contributed by atoms with E-state index in [0.29, 0.717) is 30.6 Å². The number of methoxy groups -OCH3 is 1. The van der Waals surface area contributed by atoms with Crippen molar-refractivity contribution in [2.24, 2.45) is 0 Å². The van der Waals surface area contributed by atoms with Crippen LogP contribution in [0.4, 0.5) is 23.8 Å². The molecule has 1 aliphatic heterocycles. The van der Waals surface area contributed by atoms with Crippen LogP contribution in [0.2, 0.25) is 0 Å². The first-order chi connectivity index (χ1) is 17.7. The molecule has 1 aliphatic rings. The van der Waals surface area contributed by atoms with Gasteiger partial charge in [0.1, 0.15) is 6.61 Å². The minimum absolute atomic E-state index is 0.134. The topological polar surface area (TPSA) is 122 Å². The van der Waals surface area contributed by atoms with E-state index in [9.17, 15) is 22.8 Å². The second-order valence-corrected chi connectivity index (χ2v) is 8.42. The second-order valence-electron chi connectivity index (χ2n) is 8.42. The molecule has 2 atom stereocenters. The number of anilines is 1. The van der Waals surface area contributed by atoms with Crippen molar-refractivity contribution in [3.8, 4) is 5.88 Å². The molecule has 1 aromatic carbocycles. The zero-order valence-electron chi connectivity index (χ0n) is 20.0. The minimum atomic E-state index is -5.33. The van der Waals surface area contributed by atoms with Crippen LogP contribution in [0.15, 0.2) is 42.6 Å². The Morgan fingerprint density at radius 2 is 1.97 bits per heavy atom. The highest BCUT2D eigenvalue weighted by Crippen LogP contribution is 2.29. The summed E-state index contributed by atoms with van der Waals surface area (Å²) in [6, 6.07) is 9.07. The summed E-state index contributed by atoms with van der Waals surface area (Å²) in [5.41, 5.74) is 1.25. The number of H-pyrrole nitrogens is 1. The number of nitrogens with zero attached hydrogens (tertiary/aromatic N) is 4. The largest absolute Gasteiger partial charge is 0.493 e. The van der Waals surface area contributed by atoms with Crippen molar-refractivity contribution in [1.82, 2.24) is 25.4 Å². The number of rotatable bonds is 7. The van der Waals surface area contributed by atoms with Gasteiger partial charge in [-0.2, -0.15) is 13.2 Å². The third kappa shape index (κ3) is 6.09. The Morgan fingerprint density at radius 1 is 1.22 bits per heavy atom. The van der Waals surface area contributed by atoms with Crippen LogP contribution in [-0.4, -0.2) is 84.8 Å². The van der Waals surface area contributed by atoms with E-state index in [1.54, 1.807) is 0 Å². The summed E-state index contributed by atoms with van der Waals surface area (Å²) >= 11 is 0. The molecule has 1 saturated heterocycles. The lowest BCUT2D eigenvalue weighted by atomic mass is 9.94. The molecule has 1 fully saturated rings. The summed E-state index contributed by atoms with van der Waals surface area (Å²) in [7, 11) is 3.37. The average Bonchev–Trinajstić information content (AvgIpc) is 3.44. The van der Waals surface area contributed by atoms with Crippen molar-refractivity contribution >= 4 is 28.7 Å². The number of ether oxygens (including phenoxy) is 2. The summed E-state index contributed by atoms with van der Waals surface area (Å²) in [5.74, 6) is -2.88. The van der Waals surface area contributed by atoms with Crippen LogP contribution >= 0.6 is 0 Å². The maximum Gasteiger partial charge on any atom is 0.493 e. The summed E-state index contributed by atoms with van der Waals surface area (Å²) in [5, 5.41) is 9.95. The zero-order valence-corrected chi connectivity index (χ0v) is 20.0. The van der Waals surface area contributed by atoms with Crippen LogP contribution in [0.1, 0.15) is 11.5 Å². The first-order valence-corrected chi connectivity index (χ1v) is 11.3. The highest BCUT2D eigenvalue weighted by Gasteiger charge is 2.44. The number of carbonyl (C=O) groups excluding carboxylic acids is 2. The number of amides is 2. The molecule has 11 nitrogen and oxygen atoms in total. The lowest BCUT2D eigenvalue weighted by Gasteiger charge is -2.25. The van der Waals surface area contributed by atoms with Gasteiger partial charge in [0.15, 0.2) is 5.82 Å². The number of hydroxylamine groups is 1. The molecule has 3 aromatic rings. The molecule has 0 spiro atoms. The second kappa shape index (κ2) is 11.0. The van der Waals surface area contributed by atoms with E-state index in [2.05, 4.69) is 25.3 Å². The van der Waals surface area contributed by atoms with Crippen molar-refractivity contribution in [2.75, 3.05) is 45.5 Å². The Morgan fingerprint density at radius 3 is 2.68 bits per heavy atom. The minimum Gasteiger partial charge on any atom is -0.474 e. The van der Waals surface area contributed by atoms with E-state index < -0.39 is 24.2 Å². The predicted molar refractivity (Wildman–Crippen MR) is 125 cm³/mol. The van der Waals surface area contributed by atoms with E-state index in [-0.39, 0.29) is 29.3 Å². The van der Waals surface area contributed by atoms with Gasteiger partial charge in [-0.25, -0.2) is 14.6 Å². The number of benzene rings is 1. The lowest BCUT2D eigenvalue weighted by molar-refractivity contribution is -0.199. The van der Waals surface area contributed by atoms with Gasteiger partial charge in [-0.05, 0) is 12.6 Å². The molecule has 0 aliphatic carbocycles.